The monoisotopic (exact) mass is 368 g/mol. The molecule has 2 bridgehead atoms. The van der Waals surface area contributed by atoms with E-state index in [1.165, 1.54) is 14.2 Å². The SMILES string of the molecule is COC(=O)[C@H]1[C@@H]2C[C@H]([C@@H](Br)[C@H]2Br)[C@@H]1C(=O)OC. The minimum absolute atomic E-state index is 0.140. The predicted molar refractivity (Wildman–Crippen MR) is 68.0 cm³/mol. The summed E-state index contributed by atoms with van der Waals surface area (Å²) in [4.78, 5) is 24.1. The molecule has 0 amide bonds. The molecular formula is C11H14Br2O4. The van der Waals surface area contributed by atoms with Crippen molar-refractivity contribution in [3.8, 4) is 0 Å². The van der Waals surface area contributed by atoms with E-state index in [4.69, 9.17) is 9.47 Å². The van der Waals surface area contributed by atoms with Crippen LogP contribution in [0.4, 0.5) is 0 Å². The highest BCUT2D eigenvalue weighted by Crippen LogP contribution is 2.57. The first kappa shape index (κ1) is 13.3. The fourth-order valence-electron chi connectivity index (χ4n) is 3.18. The molecule has 2 fully saturated rings. The van der Waals surface area contributed by atoms with E-state index in [0.29, 0.717) is 0 Å². The average molecular weight is 370 g/mol. The number of hydrogen-bond acceptors (Lipinski definition) is 4. The Morgan fingerprint density at radius 2 is 1.29 bits per heavy atom. The Morgan fingerprint density at radius 1 is 0.941 bits per heavy atom. The van der Waals surface area contributed by atoms with E-state index in [2.05, 4.69) is 31.9 Å². The molecular weight excluding hydrogens is 356 g/mol. The molecule has 0 saturated heterocycles. The highest BCUT2D eigenvalue weighted by Gasteiger charge is 2.62. The molecule has 0 aromatic rings. The van der Waals surface area contributed by atoms with Gasteiger partial charge in [0.05, 0.1) is 26.1 Å². The number of methoxy groups -OCH3 is 2. The molecule has 6 atom stereocenters. The third-order valence-corrected chi connectivity index (χ3v) is 7.13. The fraction of sp³-hybridized carbons (Fsp3) is 0.818. The number of carbonyl (C=O) groups is 2. The van der Waals surface area contributed by atoms with Crippen LogP contribution in [0.5, 0.6) is 0 Å². The summed E-state index contributed by atoms with van der Waals surface area (Å²) in [6.07, 6.45) is 0.853. The number of ether oxygens (including phenoxy) is 2. The molecule has 2 aliphatic rings. The van der Waals surface area contributed by atoms with Crippen molar-refractivity contribution in [3.63, 3.8) is 0 Å². The lowest BCUT2D eigenvalue weighted by atomic mass is 9.79. The van der Waals surface area contributed by atoms with Gasteiger partial charge in [-0.1, -0.05) is 31.9 Å². The van der Waals surface area contributed by atoms with E-state index in [-0.39, 0.29) is 45.3 Å². The third-order valence-electron chi connectivity index (χ3n) is 3.92. The molecule has 0 aromatic heterocycles. The lowest BCUT2D eigenvalue weighted by Gasteiger charge is -2.33. The largest absolute Gasteiger partial charge is 0.469 e. The Kier molecular flexibility index (Phi) is 3.83. The van der Waals surface area contributed by atoms with Crippen LogP contribution in [0.2, 0.25) is 0 Å². The number of carbonyl (C=O) groups excluding carboxylic acids is 2. The lowest BCUT2D eigenvalue weighted by molar-refractivity contribution is -0.159. The summed E-state index contributed by atoms with van der Waals surface area (Å²) < 4.78 is 9.62. The van der Waals surface area contributed by atoms with E-state index in [0.717, 1.165) is 6.42 Å². The first-order chi connectivity index (χ1) is 8.02. The van der Waals surface area contributed by atoms with Gasteiger partial charge in [-0.2, -0.15) is 0 Å². The second-order valence-corrected chi connectivity index (χ2v) is 6.66. The fourth-order valence-corrected chi connectivity index (χ4v) is 5.06. The van der Waals surface area contributed by atoms with E-state index in [9.17, 15) is 9.59 Å². The Bertz CT molecular complexity index is 314. The molecule has 2 aliphatic carbocycles. The first-order valence-electron chi connectivity index (χ1n) is 5.46. The van der Waals surface area contributed by atoms with Crippen LogP contribution in [0, 0.1) is 23.7 Å². The van der Waals surface area contributed by atoms with Gasteiger partial charge in [-0.15, -0.1) is 0 Å². The zero-order valence-corrected chi connectivity index (χ0v) is 12.7. The van der Waals surface area contributed by atoms with Crippen LogP contribution in [0.25, 0.3) is 0 Å². The van der Waals surface area contributed by atoms with Gasteiger partial charge in [0.25, 0.3) is 0 Å². The average Bonchev–Trinajstić information content (AvgIpc) is 2.85. The third kappa shape index (κ3) is 1.93. The zero-order valence-electron chi connectivity index (χ0n) is 9.56. The van der Waals surface area contributed by atoms with Gasteiger partial charge >= 0.3 is 11.9 Å². The number of alkyl halides is 2. The van der Waals surface area contributed by atoms with Gasteiger partial charge in [0.1, 0.15) is 0 Å². The van der Waals surface area contributed by atoms with E-state index < -0.39 is 0 Å². The molecule has 96 valence electrons. The molecule has 0 aliphatic heterocycles. The second kappa shape index (κ2) is 4.88. The van der Waals surface area contributed by atoms with Crippen molar-refractivity contribution in [1.82, 2.24) is 0 Å². The summed E-state index contributed by atoms with van der Waals surface area (Å²) >= 11 is 7.18. The van der Waals surface area contributed by atoms with Gasteiger partial charge in [-0.05, 0) is 18.3 Å². The molecule has 0 N–H and O–H groups in total. The Hall–Kier alpha value is -0.100. The lowest BCUT2D eigenvalue weighted by Crippen LogP contribution is -2.44. The Morgan fingerprint density at radius 3 is 1.59 bits per heavy atom. The number of esters is 2. The molecule has 0 unspecified atom stereocenters. The van der Waals surface area contributed by atoms with E-state index >= 15 is 0 Å². The highest BCUT2D eigenvalue weighted by atomic mass is 79.9. The molecule has 0 aromatic carbocycles. The van der Waals surface area contributed by atoms with Crippen molar-refractivity contribution in [3.05, 3.63) is 0 Å². The van der Waals surface area contributed by atoms with Gasteiger partial charge in [0.15, 0.2) is 0 Å². The van der Waals surface area contributed by atoms with Crippen LogP contribution in [-0.4, -0.2) is 35.8 Å². The van der Waals surface area contributed by atoms with Crippen molar-refractivity contribution in [2.24, 2.45) is 23.7 Å². The first-order valence-corrected chi connectivity index (χ1v) is 7.29. The van der Waals surface area contributed by atoms with Gasteiger partial charge < -0.3 is 9.47 Å². The summed E-state index contributed by atoms with van der Waals surface area (Å²) in [6, 6.07) is 0. The normalized spacial score (nSPS) is 43.5. The smallest absolute Gasteiger partial charge is 0.309 e. The second-order valence-electron chi connectivity index (χ2n) is 4.55. The maximum atomic E-state index is 11.8. The van der Waals surface area contributed by atoms with Crippen molar-refractivity contribution < 1.29 is 19.1 Å². The topological polar surface area (TPSA) is 52.6 Å². The summed E-state index contributed by atoms with van der Waals surface area (Å²) in [5.74, 6) is -1.10. The molecule has 0 spiro atoms. The summed E-state index contributed by atoms with van der Waals surface area (Å²) in [5, 5.41) is 0. The maximum absolute atomic E-state index is 11.8. The van der Waals surface area contributed by atoms with Gasteiger partial charge in [-0.25, -0.2) is 0 Å². The number of halogens is 2. The quantitative estimate of drug-likeness (QED) is 0.549. The van der Waals surface area contributed by atoms with Crippen molar-refractivity contribution in [1.29, 1.82) is 0 Å². The van der Waals surface area contributed by atoms with Crippen molar-refractivity contribution in [2.45, 2.75) is 16.1 Å². The van der Waals surface area contributed by atoms with E-state index in [1.54, 1.807) is 0 Å². The van der Waals surface area contributed by atoms with Crippen LogP contribution < -0.4 is 0 Å². The van der Waals surface area contributed by atoms with Crippen LogP contribution in [0.1, 0.15) is 6.42 Å². The van der Waals surface area contributed by atoms with Gasteiger partial charge in [0, 0.05) is 9.65 Å². The zero-order chi connectivity index (χ0) is 12.7. The van der Waals surface area contributed by atoms with Crippen LogP contribution >= 0.6 is 31.9 Å². The van der Waals surface area contributed by atoms with Crippen LogP contribution in [0.15, 0.2) is 0 Å². The standard InChI is InChI=1S/C11H14Br2O4/c1-16-10(14)6-4-3-5(9(13)8(4)12)7(6)11(15)17-2/h4-9H,3H2,1-2H3/t4-,5-,6-,7-,8-,9+/m0/s1. The number of fused-ring (bicyclic) bond motifs is 2. The van der Waals surface area contributed by atoms with Crippen LogP contribution in [0.3, 0.4) is 0 Å². The van der Waals surface area contributed by atoms with Gasteiger partial charge in [-0.3, -0.25) is 9.59 Å². The van der Waals surface area contributed by atoms with Gasteiger partial charge in [0.2, 0.25) is 0 Å². The molecule has 17 heavy (non-hydrogen) atoms. The molecule has 4 nitrogen and oxygen atoms in total. The molecule has 2 saturated carbocycles. The molecule has 2 rings (SSSR count). The highest BCUT2D eigenvalue weighted by molar-refractivity contribution is 9.12. The predicted octanol–water partition coefficient (Wildman–Crippen LogP) is 1.74. The van der Waals surface area contributed by atoms with E-state index in [1.807, 2.05) is 0 Å². The molecule has 6 heteroatoms. The van der Waals surface area contributed by atoms with Crippen molar-refractivity contribution in [2.75, 3.05) is 14.2 Å². The summed E-state index contributed by atoms with van der Waals surface area (Å²) in [5.41, 5.74) is 0. The number of hydrogen-bond donors (Lipinski definition) is 0. The van der Waals surface area contributed by atoms with Crippen LogP contribution in [-0.2, 0) is 19.1 Å². The Balaban J connectivity index is 2.29. The summed E-state index contributed by atoms with van der Waals surface area (Å²) in [6.45, 7) is 0. The summed E-state index contributed by atoms with van der Waals surface area (Å²) in [7, 11) is 2.72. The minimum atomic E-state index is -0.379. The maximum Gasteiger partial charge on any atom is 0.309 e. The molecule has 0 radical (unpaired) electrons. The van der Waals surface area contributed by atoms with Crippen molar-refractivity contribution >= 4 is 43.8 Å². The minimum Gasteiger partial charge on any atom is -0.469 e. The molecule has 0 heterocycles. The Labute approximate surface area is 117 Å². The number of rotatable bonds is 2.